The molecule has 2 N–H and O–H groups in total. The third kappa shape index (κ3) is 5.14. The van der Waals surface area contributed by atoms with Gasteiger partial charge < -0.3 is 9.88 Å². The van der Waals surface area contributed by atoms with Crippen LogP contribution < -0.4 is 10.0 Å². The van der Waals surface area contributed by atoms with Gasteiger partial charge in [-0.25, -0.2) is 13.1 Å². The normalized spacial score (nSPS) is 13.2. The summed E-state index contributed by atoms with van der Waals surface area (Å²) in [6.07, 6.45) is -3.29. The molecule has 116 valence electrons. The fraction of sp³-hybridized carbons (Fsp3) is 0.636. The SMILES string of the molecule is CC(C)NCc1cc(S(=O)(=O)NCC(F)(F)F)cn1C. The van der Waals surface area contributed by atoms with E-state index in [4.69, 9.17) is 0 Å². The molecule has 0 spiro atoms. The van der Waals surface area contributed by atoms with E-state index in [-0.39, 0.29) is 10.9 Å². The molecular weight excluding hydrogens is 295 g/mol. The van der Waals surface area contributed by atoms with Gasteiger partial charge >= 0.3 is 6.18 Å². The number of halogens is 3. The van der Waals surface area contributed by atoms with E-state index in [1.165, 1.54) is 17.0 Å². The van der Waals surface area contributed by atoms with Crippen molar-refractivity contribution in [2.24, 2.45) is 7.05 Å². The first-order valence-electron chi connectivity index (χ1n) is 5.96. The number of alkyl halides is 3. The summed E-state index contributed by atoms with van der Waals surface area (Å²) in [7, 11) is -2.51. The van der Waals surface area contributed by atoms with Gasteiger partial charge in [0.05, 0.1) is 4.90 Å². The highest BCUT2D eigenvalue weighted by Crippen LogP contribution is 2.17. The Hall–Kier alpha value is -1.06. The number of sulfonamides is 1. The summed E-state index contributed by atoms with van der Waals surface area (Å²) in [6.45, 7) is 2.73. The van der Waals surface area contributed by atoms with Crippen molar-refractivity contribution < 1.29 is 21.6 Å². The lowest BCUT2D eigenvalue weighted by atomic mass is 10.3. The van der Waals surface area contributed by atoms with Crippen molar-refractivity contribution in [2.75, 3.05) is 6.54 Å². The lowest BCUT2D eigenvalue weighted by molar-refractivity contribution is -0.121. The maximum atomic E-state index is 12.1. The molecule has 0 radical (unpaired) electrons. The average molecular weight is 313 g/mol. The van der Waals surface area contributed by atoms with E-state index in [9.17, 15) is 21.6 Å². The summed E-state index contributed by atoms with van der Waals surface area (Å²) < 4.78 is 62.7. The molecule has 0 saturated carbocycles. The lowest BCUT2D eigenvalue weighted by Crippen LogP contribution is -2.33. The first-order valence-corrected chi connectivity index (χ1v) is 7.44. The van der Waals surface area contributed by atoms with E-state index < -0.39 is 22.7 Å². The second-order valence-electron chi connectivity index (χ2n) is 4.75. The first kappa shape index (κ1) is 17.0. The van der Waals surface area contributed by atoms with Crippen molar-refractivity contribution in [2.45, 2.75) is 37.5 Å². The minimum atomic E-state index is -4.58. The summed E-state index contributed by atoms with van der Waals surface area (Å²) in [5.74, 6) is 0. The number of aromatic nitrogens is 1. The van der Waals surface area contributed by atoms with E-state index in [0.29, 0.717) is 12.2 Å². The molecule has 0 aliphatic heterocycles. The number of hydrogen-bond donors (Lipinski definition) is 2. The van der Waals surface area contributed by atoms with Gasteiger partial charge in [0.15, 0.2) is 0 Å². The molecule has 0 bridgehead atoms. The zero-order chi connectivity index (χ0) is 15.6. The van der Waals surface area contributed by atoms with Gasteiger partial charge in [-0.05, 0) is 6.07 Å². The lowest BCUT2D eigenvalue weighted by Gasteiger charge is -2.08. The van der Waals surface area contributed by atoms with Crippen LogP contribution in [0.25, 0.3) is 0 Å². The molecule has 9 heteroatoms. The number of nitrogens with one attached hydrogen (secondary N) is 2. The topological polar surface area (TPSA) is 63.1 Å². The van der Waals surface area contributed by atoms with Crippen molar-refractivity contribution in [1.82, 2.24) is 14.6 Å². The van der Waals surface area contributed by atoms with Crippen molar-refractivity contribution in [3.05, 3.63) is 18.0 Å². The molecule has 0 saturated heterocycles. The molecule has 0 atom stereocenters. The van der Waals surface area contributed by atoms with Gasteiger partial charge in [-0.3, -0.25) is 0 Å². The molecule has 1 aromatic rings. The van der Waals surface area contributed by atoms with E-state index in [1.807, 2.05) is 13.8 Å². The Bertz CT molecular complexity index is 550. The van der Waals surface area contributed by atoms with Gasteiger partial charge in [-0.1, -0.05) is 13.8 Å². The molecule has 5 nitrogen and oxygen atoms in total. The molecule has 0 unspecified atom stereocenters. The fourth-order valence-corrected chi connectivity index (χ4v) is 2.58. The molecule has 20 heavy (non-hydrogen) atoms. The molecular formula is C11H18F3N3O2S. The molecule has 0 amide bonds. The second-order valence-corrected chi connectivity index (χ2v) is 6.52. The van der Waals surface area contributed by atoms with Gasteiger partial charge in [0.1, 0.15) is 6.54 Å². The van der Waals surface area contributed by atoms with Crippen molar-refractivity contribution in [1.29, 1.82) is 0 Å². The fourth-order valence-electron chi connectivity index (χ4n) is 1.47. The van der Waals surface area contributed by atoms with Crippen LogP contribution in [-0.2, 0) is 23.6 Å². The standard InChI is InChI=1S/C11H18F3N3O2S/c1-8(2)15-5-9-4-10(6-17(9)3)20(18,19)16-7-11(12,13)14/h4,6,8,15-16H,5,7H2,1-3H3. The maximum absolute atomic E-state index is 12.1. The van der Waals surface area contributed by atoms with Crippen LogP contribution in [0.5, 0.6) is 0 Å². The average Bonchev–Trinajstić information content (AvgIpc) is 2.65. The Balaban J connectivity index is 2.83. The highest BCUT2D eigenvalue weighted by molar-refractivity contribution is 7.89. The van der Waals surface area contributed by atoms with E-state index in [0.717, 1.165) is 0 Å². The molecule has 0 aromatic carbocycles. The molecule has 0 aliphatic rings. The monoisotopic (exact) mass is 313 g/mol. The first-order chi connectivity index (χ1) is 9.01. The third-order valence-corrected chi connectivity index (χ3v) is 3.92. The van der Waals surface area contributed by atoms with Gasteiger partial charge in [-0.2, -0.15) is 13.2 Å². The largest absolute Gasteiger partial charge is 0.402 e. The van der Waals surface area contributed by atoms with E-state index in [1.54, 1.807) is 11.6 Å². The molecule has 0 fully saturated rings. The van der Waals surface area contributed by atoms with Gasteiger partial charge in [-0.15, -0.1) is 0 Å². The Morgan fingerprint density at radius 2 is 1.95 bits per heavy atom. The number of nitrogens with zero attached hydrogens (tertiary/aromatic N) is 1. The van der Waals surface area contributed by atoms with Crippen LogP contribution in [0.1, 0.15) is 19.5 Å². The zero-order valence-corrected chi connectivity index (χ0v) is 12.3. The predicted molar refractivity (Wildman–Crippen MR) is 68.6 cm³/mol. The number of aryl methyl sites for hydroxylation is 1. The number of hydrogen-bond acceptors (Lipinski definition) is 3. The van der Waals surface area contributed by atoms with Gasteiger partial charge in [0.2, 0.25) is 10.0 Å². The Kier molecular flexibility index (Phi) is 5.22. The smallest absolute Gasteiger partial charge is 0.352 e. The van der Waals surface area contributed by atoms with Crippen LogP contribution in [0, 0.1) is 0 Å². The third-order valence-electron chi connectivity index (χ3n) is 2.55. The highest BCUT2D eigenvalue weighted by atomic mass is 32.2. The minimum absolute atomic E-state index is 0.176. The maximum Gasteiger partial charge on any atom is 0.402 e. The minimum Gasteiger partial charge on any atom is -0.352 e. The molecule has 0 aliphatic carbocycles. The Morgan fingerprint density at radius 1 is 1.35 bits per heavy atom. The number of rotatable bonds is 6. The summed E-state index contributed by atoms with van der Waals surface area (Å²) >= 11 is 0. The molecule has 1 aromatic heterocycles. The van der Waals surface area contributed by atoms with Gasteiger partial charge in [0, 0.05) is 31.5 Å². The van der Waals surface area contributed by atoms with E-state index in [2.05, 4.69) is 5.32 Å². The quantitative estimate of drug-likeness (QED) is 0.834. The van der Waals surface area contributed by atoms with Crippen LogP contribution in [0.15, 0.2) is 17.2 Å². The zero-order valence-electron chi connectivity index (χ0n) is 11.5. The van der Waals surface area contributed by atoms with Crippen LogP contribution in [-0.4, -0.2) is 31.7 Å². The van der Waals surface area contributed by atoms with Crippen molar-refractivity contribution in [3.63, 3.8) is 0 Å². The summed E-state index contributed by atoms with van der Waals surface area (Å²) in [4.78, 5) is -0.176. The summed E-state index contributed by atoms with van der Waals surface area (Å²) in [6, 6.07) is 1.57. The van der Waals surface area contributed by atoms with Crippen LogP contribution in [0.3, 0.4) is 0 Å². The Labute approximate surface area is 116 Å². The van der Waals surface area contributed by atoms with Crippen LogP contribution in [0.4, 0.5) is 13.2 Å². The van der Waals surface area contributed by atoms with Crippen molar-refractivity contribution >= 4 is 10.0 Å². The van der Waals surface area contributed by atoms with Crippen LogP contribution in [0.2, 0.25) is 0 Å². The van der Waals surface area contributed by atoms with Crippen molar-refractivity contribution in [3.8, 4) is 0 Å². The predicted octanol–water partition coefficient (Wildman–Crippen LogP) is 1.36. The van der Waals surface area contributed by atoms with Gasteiger partial charge in [0.25, 0.3) is 0 Å². The highest BCUT2D eigenvalue weighted by Gasteiger charge is 2.30. The Morgan fingerprint density at radius 3 is 2.45 bits per heavy atom. The van der Waals surface area contributed by atoms with Crippen LogP contribution >= 0.6 is 0 Å². The summed E-state index contributed by atoms with van der Waals surface area (Å²) in [5.41, 5.74) is 0.672. The second kappa shape index (κ2) is 6.15. The molecule has 1 heterocycles. The summed E-state index contributed by atoms with van der Waals surface area (Å²) in [5, 5.41) is 3.11. The molecule has 1 rings (SSSR count). The van der Waals surface area contributed by atoms with E-state index >= 15 is 0 Å².